The maximum Gasteiger partial charge on any atom is 0.427 e. The fourth-order valence-corrected chi connectivity index (χ4v) is 9.83. The van der Waals surface area contributed by atoms with Gasteiger partial charge in [-0.1, -0.05) is 32.4 Å². The number of pyridine rings is 1. The molecule has 12 nitrogen and oxygen atoms in total. The van der Waals surface area contributed by atoms with Crippen LogP contribution in [0.4, 0.5) is 13.2 Å². The lowest BCUT2D eigenvalue weighted by molar-refractivity contribution is -0.257. The largest absolute Gasteiger partial charge is 0.494 e. The highest BCUT2D eigenvalue weighted by Gasteiger charge is 2.62. The number of fused-ring (bicyclic) bond motifs is 3. The van der Waals surface area contributed by atoms with Crippen molar-refractivity contribution in [2.75, 3.05) is 13.2 Å². The predicted molar refractivity (Wildman–Crippen MR) is 208 cm³/mol. The number of ether oxygens (including phenoxy) is 3. The van der Waals surface area contributed by atoms with E-state index in [1.807, 2.05) is 39.0 Å². The summed E-state index contributed by atoms with van der Waals surface area (Å²) in [7, 11) is -3.93. The molecule has 1 aromatic heterocycles. The number of allylic oxidation sites excluding steroid dienone is 2. The summed E-state index contributed by atoms with van der Waals surface area (Å²) in [5.41, 5.74) is -4.17. The number of amides is 2. The second kappa shape index (κ2) is 16.8. The van der Waals surface area contributed by atoms with E-state index in [0.717, 1.165) is 19.2 Å². The van der Waals surface area contributed by atoms with Crippen LogP contribution in [0, 0.1) is 29.1 Å². The number of hydrogen-bond acceptors (Lipinski definition) is 10. The lowest BCUT2D eigenvalue weighted by Crippen LogP contribution is -2.48. The summed E-state index contributed by atoms with van der Waals surface area (Å²) in [6.07, 6.45) is 1.99. The first-order valence-corrected chi connectivity index (χ1v) is 21.9. The molecule has 318 valence electrons. The average Bonchev–Trinajstić information content (AvgIpc) is 4.07. The van der Waals surface area contributed by atoms with Gasteiger partial charge < -0.3 is 19.1 Å². The Labute approximate surface area is 337 Å². The normalized spacial score (nSPS) is 29.1. The first-order chi connectivity index (χ1) is 27.3. The molecular formula is C42H54F3N3O9S. The van der Waals surface area contributed by atoms with Gasteiger partial charge in [0.05, 0.1) is 42.2 Å². The molecule has 2 aliphatic heterocycles. The molecule has 58 heavy (non-hydrogen) atoms. The third kappa shape index (κ3) is 9.47. The van der Waals surface area contributed by atoms with E-state index in [-0.39, 0.29) is 37.6 Å². The average molecular weight is 834 g/mol. The molecule has 0 spiro atoms. The highest BCUT2D eigenvalue weighted by Crippen LogP contribution is 2.57. The number of ketones is 1. The summed E-state index contributed by atoms with van der Waals surface area (Å²) in [5, 5.41) is 0.769. The molecule has 1 aromatic carbocycles. The van der Waals surface area contributed by atoms with Crippen LogP contribution in [0.15, 0.2) is 42.6 Å². The number of rotatable bonds is 11. The molecule has 7 atom stereocenters. The van der Waals surface area contributed by atoms with Crippen molar-refractivity contribution < 1.29 is 55.0 Å². The number of aromatic nitrogens is 1. The predicted octanol–water partition coefficient (Wildman–Crippen LogP) is 6.85. The number of Topliss-reactive ketones (excluding diaryl/α,β-unsaturated/α-hetero) is 1. The van der Waals surface area contributed by atoms with Gasteiger partial charge in [0, 0.05) is 24.4 Å². The smallest absolute Gasteiger partial charge is 0.427 e. The number of nitrogens with one attached hydrogen (secondary N) is 1. The Hall–Kier alpha value is -4.21. The van der Waals surface area contributed by atoms with Gasteiger partial charge in [-0.25, -0.2) is 13.4 Å². The zero-order valence-corrected chi connectivity index (χ0v) is 34.5. The van der Waals surface area contributed by atoms with Crippen molar-refractivity contribution in [3.8, 4) is 11.6 Å². The van der Waals surface area contributed by atoms with Gasteiger partial charge in [0.25, 0.3) is 0 Å². The van der Waals surface area contributed by atoms with Crippen molar-refractivity contribution in [2.45, 2.75) is 128 Å². The van der Waals surface area contributed by atoms with Crippen molar-refractivity contribution in [3.63, 3.8) is 0 Å². The molecule has 6 rings (SSSR count). The Morgan fingerprint density at radius 2 is 1.81 bits per heavy atom. The number of benzene rings is 1. The van der Waals surface area contributed by atoms with Crippen LogP contribution in [-0.4, -0.2) is 84.2 Å². The van der Waals surface area contributed by atoms with Crippen molar-refractivity contribution in [2.24, 2.45) is 29.1 Å². The summed E-state index contributed by atoms with van der Waals surface area (Å²) in [4.78, 5) is 62.6. The fourth-order valence-electron chi connectivity index (χ4n) is 8.44. The molecule has 2 aromatic rings. The number of halogens is 3. The van der Waals surface area contributed by atoms with Crippen LogP contribution in [0.1, 0.15) is 98.8 Å². The maximum absolute atomic E-state index is 15.0. The molecule has 2 aliphatic carbocycles. The Morgan fingerprint density at radius 3 is 2.48 bits per heavy atom. The van der Waals surface area contributed by atoms with Crippen molar-refractivity contribution in [1.29, 1.82) is 0 Å². The fraction of sp³-hybridized carbons (Fsp3) is 0.643. The van der Waals surface area contributed by atoms with Crippen LogP contribution in [0.25, 0.3) is 10.8 Å². The number of nitrogens with zero attached hydrogens (tertiary/aromatic N) is 2. The van der Waals surface area contributed by atoms with Crippen molar-refractivity contribution in [3.05, 3.63) is 42.6 Å². The molecule has 16 heteroatoms. The van der Waals surface area contributed by atoms with E-state index in [1.54, 1.807) is 24.4 Å². The molecule has 2 amide bonds. The number of alkyl halides is 3. The molecular weight excluding hydrogens is 780 g/mol. The first-order valence-electron chi connectivity index (χ1n) is 20.3. The summed E-state index contributed by atoms with van der Waals surface area (Å²) < 4.78 is 86.6. The second-order valence-corrected chi connectivity index (χ2v) is 19.0. The number of carbonyl (C=O) groups excluding carboxylic acids is 4. The van der Waals surface area contributed by atoms with E-state index in [4.69, 9.17) is 14.2 Å². The Bertz CT molecular complexity index is 2040. The molecule has 3 fully saturated rings. The van der Waals surface area contributed by atoms with Crippen LogP contribution in [0.3, 0.4) is 0 Å². The molecule has 3 heterocycles. The molecule has 0 unspecified atom stereocenters. The third-order valence-electron chi connectivity index (χ3n) is 12.2. The number of sulfonamides is 1. The van der Waals surface area contributed by atoms with Crippen LogP contribution < -0.4 is 14.2 Å². The zero-order chi connectivity index (χ0) is 42.2. The molecule has 1 N–H and O–H groups in total. The van der Waals surface area contributed by atoms with Gasteiger partial charge in [0.1, 0.15) is 11.9 Å². The third-order valence-corrected chi connectivity index (χ3v) is 14.0. The lowest BCUT2D eigenvalue weighted by atomic mass is 9.79. The van der Waals surface area contributed by atoms with Gasteiger partial charge in [-0.05, 0) is 107 Å². The second-order valence-electron chi connectivity index (χ2n) is 17.0. The number of hydrogen-bond donors (Lipinski definition) is 1. The summed E-state index contributed by atoms with van der Waals surface area (Å²) in [5.74, 6) is -4.12. The quantitative estimate of drug-likeness (QED) is 0.188. The Morgan fingerprint density at radius 1 is 1.07 bits per heavy atom. The van der Waals surface area contributed by atoms with Gasteiger partial charge in [-0.2, -0.15) is 13.2 Å². The first kappa shape index (κ1) is 43.4. The van der Waals surface area contributed by atoms with Crippen molar-refractivity contribution in [1.82, 2.24) is 14.6 Å². The zero-order valence-electron chi connectivity index (χ0n) is 33.7. The SMILES string of the molecule is CCOc1ccc2c(O[C@@H]3C[C@H]4C(=O)C[C@]5(C(=O)NS(=O)(=O)C6CC6)C[C@H]5/C=C\CC[C@H](C)C[C@@H](CC)[C@H](CC(=O)OC(C)(C)C(F)(F)F)C(=O)N4C3)nccc2c1. The van der Waals surface area contributed by atoms with E-state index < -0.39 is 92.4 Å². The van der Waals surface area contributed by atoms with Crippen LogP contribution in [-0.2, 0) is 33.9 Å². The summed E-state index contributed by atoms with van der Waals surface area (Å²) >= 11 is 0. The highest BCUT2D eigenvalue weighted by atomic mass is 32.2. The van der Waals surface area contributed by atoms with Crippen LogP contribution >= 0.6 is 0 Å². The number of carbonyl (C=O) groups is 4. The van der Waals surface area contributed by atoms with Gasteiger partial charge in [-0.3, -0.25) is 23.9 Å². The molecule has 1 saturated heterocycles. The number of esters is 1. The Balaban J connectivity index is 1.36. The van der Waals surface area contributed by atoms with Gasteiger partial charge in [0.15, 0.2) is 5.78 Å². The van der Waals surface area contributed by atoms with E-state index in [2.05, 4.69) is 9.71 Å². The molecule has 2 saturated carbocycles. The van der Waals surface area contributed by atoms with Crippen LogP contribution in [0.2, 0.25) is 0 Å². The van der Waals surface area contributed by atoms with E-state index >= 15 is 0 Å². The summed E-state index contributed by atoms with van der Waals surface area (Å²) in [6, 6.07) is 6.04. The van der Waals surface area contributed by atoms with E-state index in [9.17, 15) is 40.8 Å². The highest BCUT2D eigenvalue weighted by molar-refractivity contribution is 7.90. The maximum atomic E-state index is 15.0. The minimum absolute atomic E-state index is 0.0102. The van der Waals surface area contributed by atoms with Gasteiger partial charge in [-0.15, -0.1) is 0 Å². The van der Waals surface area contributed by atoms with Gasteiger partial charge in [0.2, 0.25) is 33.3 Å². The Kier molecular flexibility index (Phi) is 12.6. The topological polar surface area (TPSA) is 158 Å². The monoisotopic (exact) mass is 833 g/mol. The summed E-state index contributed by atoms with van der Waals surface area (Å²) in [6.45, 7) is 7.57. The molecule has 4 aliphatic rings. The minimum Gasteiger partial charge on any atom is -0.494 e. The van der Waals surface area contributed by atoms with Crippen molar-refractivity contribution >= 4 is 44.4 Å². The lowest BCUT2D eigenvalue weighted by Gasteiger charge is -2.34. The van der Waals surface area contributed by atoms with E-state index in [0.29, 0.717) is 56.3 Å². The standard InChI is InChI=1S/C42H54F3N3O9S/c1-6-26-18-25(3)10-8-9-11-28-22-41(28,39(52)47-58(53,54)31-13-14-31)23-35(49)34-20-30(56-37-32-15-12-29(55-7-2)19-27(32)16-17-46-37)24-48(34)38(51)33(26)21-36(50)57-40(4,5)42(43,44)45/h9,11-12,15-17,19,25-26,28,30-31,33-34H,6-8,10,13-14,18,20-24H2,1-5H3,(H,47,52)/b11-9-/t25-,26+,28+,30+,33-,34-,41+/m0/s1. The van der Waals surface area contributed by atoms with E-state index in [1.165, 1.54) is 4.90 Å². The minimum atomic E-state index is -4.86. The van der Waals surface area contributed by atoms with Gasteiger partial charge >= 0.3 is 12.1 Å². The van der Waals surface area contributed by atoms with Crippen LogP contribution in [0.5, 0.6) is 11.6 Å². The molecule has 0 radical (unpaired) electrons. The molecule has 0 bridgehead atoms.